The number of carbonyl (C=O) groups is 3. The van der Waals surface area contributed by atoms with Gasteiger partial charge in [0.1, 0.15) is 24.8 Å². The van der Waals surface area contributed by atoms with E-state index in [1.54, 1.807) is 30.6 Å². The number of aromatic nitrogens is 3. The smallest absolute Gasteiger partial charge is 0.249 e. The molecule has 9 rings (SSSR count). The van der Waals surface area contributed by atoms with E-state index in [0.29, 0.717) is 41.0 Å². The molecule has 0 radical (unpaired) electrons. The Bertz CT molecular complexity index is 2800. The van der Waals surface area contributed by atoms with Gasteiger partial charge < -0.3 is 29.7 Å². The molecule has 6 heterocycles. The molecular weight excluding hydrogens is 944 g/mol. The van der Waals surface area contributed by atoms with Crippen molar-refractivity contribution >= 4 is 91.5 Å². The first-order valence-corrected chi connectivity index (χ1v) is 27.3. The van der Waals surface area contributed by atoms with Crippen molar-refractivity contribution in [2.45, 2.75) is 83.7 Å². The highest BCUT2D eigenvalue weighted by Crippen LogP contribution is 2.46. The Balaban J connectivity index is 0.823. The summed E-state index contributed by atoms with van der Waals surface area (Å²) in [5, 5.41) is 10.9. The summed E-state index contributed by atoms with van der Waals surface area (Å²) in [6, 6.07) is 18.0. The highest BCUT2D eigenvalue weighted by Gasteiger charge is 2.50. The molecule has 358 valence electrons. The normalized spacial score (nSPS) is 19.3. The third-order valence-electron chi connectivity index (χ3n) is 14.1. The van der Waals surface area contributed by atoms with Crippen molar-refractivity contribution in [2.75, 3.05) is 86.2 Å². The Labute approximate surface area is 407 Å². The topological polar surface area (TPSA) is 165 Å². The number of fused-ring (bicyclic) bond motifs is 2. The van der Waals surface area contributed by atoms with Crippen molar-refractivity contribution in [3.8, 4) is 5.75 Å². The standard InChI is InChI=1S/C51H62BrN10O5P/c1-7-32-28-38(56-50-54-30-36(52)47(58-50)55-39-31-53-37-14-10-9-13-35(37)46(39)68(5,6)66)43(67-8-2)29-42(32)61-22-19-34(20-23-61)60-26-24-59(25-27-60)21-18-33-12-11-15-40-45(33)51(3,4)49(65)62(40)41-16-17-44(63)57-48(41)64/h9-15,28-31,34,41H,7-8,16-27H2,1-6H3,(H,57,63,64)(H2,54,55,56,58). The molecule has 3 fully saturated rings. The first kappa shape index (κ1) is 47.6. The van der Waals surface area contributed by atoms with E-state index >= 15 is 0 Å². The van der Waals surface area contributed by atoms with Crippen LogP contribution in [0.2, 0.25) is 0 Å². The van der Waals surface area contributed by atoms with Crippen LogP contribution in [0.1, 0.15) is 70.1 Å². The molecule has 0 saturated carbocycles. The lowest BCUT2D eigenvalue weighted by molar-refractivity contribution is -0.136. The molecule has 15 nitrogen and oxygen atoms in total. The lowest BCUT2D eigenvalue weighted by atomic mass is 9.82. The van der Waals surface area contributed by atoms with Gasteiger partial charge in [-0.1, -0.05) is 37.3 Å². The molecule has 4 aliphatic rings. The largest absolute Gasteiger partial charge is 0.492 e. The summed E-state index contributed by atoms with van der Waals surface area (Å²) in [6.45, 7) is 19.0. The third kappa shape index (κ3) is 9.49. The number of pyridine rings is 1. The first-order chi connectivity index (χ1) is 32.6. The van der Waals surface area contributed by atoms with E-state index in [1.165, 1.54) is 11.3 Å². The number of amides is 3. The zero-order valence-corrected chi connectivity index (χ0v) is 42.4. The van der Waals surface area contributed by atoms with Crippen LogP contribution in [0.15, 0.2) is 71.5 Å². The molecule has 1 unspecified atom stereocenters. The van der Waals surface area contributed by atoms with Gasteiger partial charge in [-0.05, 0) is 117 Å². The number of imide groups is 1. The van der Waals surface area contributed by atoms with Crippen molar-refractivity contribution in [1.82, 2.24) is 30.1 Å². The number of rotatable bonds is 14. The Morgan fingerprint density at radius 3 is 2.35 bits per heavy atom. The Morgan fingerprint density at radius 1 is 0.868 bits per heavy atom. The summed E-state index contributed by atoms with van der Waals surface area (Å²) in [6.07, 6.45) is 7.81. The molecule has 17 heteroatoms. The van der Waals surface area contributed by atoms with Crippen LogP contribution in [-0.4, -0.2) is 120 Å². The fourth-order valence-electron chi connectivity index (χ4n) is 10.7. The van der Waals surface area contributed by atoms with Crippen LogP contribution in [0.5, 0.6) is 5.75 Å². The van der Waals surface area contributed by atoms with E-state index in [0.717, 1.165) is 116 Å². The minimum atomic E-state index is -2.72. The second kappa shape index (κ2) is 19.5. The van der Waals surface area contributed by atoms with Crippen LogP contribution < -0.4 is 35.8 Å². The lowest BCUT2D eigenvalue weighted by Gasteiger charge is -2.43. The number of ether oxygens (including phenoxy) is 1. The monoisotopic (exact) mass is 1000 g/mol. The number of nitrogens with zero attached hydrogens (tertiary/aromatic N) is 7. The molecule has 1 atom stereocenters. The molecule has 0 bridgehead atoms. The van der Waals surface area contributed by atoms with Crippen LogP contribution in [0.3, 0.4) is 0 Å². The van der Waals surface area contributed by atoms with Crippen molar-refractivity contribution in [3.05, 3.63) is 88.2 Å². The van der Waals surface area contributed by atoms with Crippen LogP contribution >= 0.6 is 23.1 Å². The van der Waals surface area contributed by atoms with Gasteiger partial charge in [-0.3, -0.25) is 34.5 Å². The van der Waals surface area contributed by atoms with Gasteiger partial charge >= 0.3 is 0 Å². The van der Waals surface area contributed by atoms with Crippen molar-refractivity contribution in [2.24, 2.45) is 0 Å². The Morgan fingerprint density at radius 2 is 1.63 bits per heavy atom. The summed E-state index contributed by atoms with van der Waals surface area (Å²) < 4.78 is 20.5. The zero-order chi connectivity index (χ0) is 47.9. The van der Waals surface area contributed by atoms with Gasteiger partial charge in [0.15, 0.2) is 0 Å². The van der Waals surface area contributed by atoms with E-state index in [1.807, 2.05) is 57.2 Å². The fraction of sp³-hybridized carbons (Fsp3) is 0.451. The maximum absolute atomic E-state index is 13.8. The highest BCUT2D eigenvalue weighted by atomic mass is 79.9. The zero-order valence-electron chi connectivity index (χ0n) is 39.9. The summed E-state index contributed by atoms with van der Waals surface area (Å²) in [5.74, 6) is 0.878. The molecule has 0 aliphatic carbocycles. The summed E-state index contributed by atoms with van der Waals surface area (Å²) in [4.78, 5) is 62.1. The number of aryl methyl sites for hydroxylation is 1. The molecule has 4 aliphatic heterocycles. The van der Waals surface area contributed by atoms with E-state index in [4.69, 9.17) is 9.72 Å². The number of benzene rings is 3. The number of carbonyl (C=O) groups excluding carboxylic acids is 3. The van der Waals surface area contributed by atoms with Gasteiger partial charge in [0, 0.05) is 92.6 Å². The number of piperazine rings is 1. The summed E-state index contributed by atoms with van der Waals surface area (Å²) >= 11 is 3.62. The van der Waals surface area contributed by atoms with Crippen molar-refractivity contribution in [1.29, 1.82) is 0 Å². The fourth-order valence-corrected chi connectivity index (χ4v) is 12.5. The maximum atomic E-state index is 13.8. The first-order valence-electron chi connectivity index (χ1n) is 23.9. The second-order valence-corrected chi connectivity index (χ2v) is 23.2. The molecule has 3 amide bonds. The maximum Gasteiger partial charge on any atom is 0.249 e. The Hall–Kier alpha value is -5.41. The van der Waals surface area contributed by atoms with Crippen molar-refractivity contribution in [3.63, 3.8) is 0 Å². The average Bonchev–Trinajstić information content (AvgIpc) is 3.53. The second-order valence-electron chi connectivity index (χ2n) is 19.2. The number of nitrogens with one attached hydrogen (secondary N) is 3. The predicted octanol–water partition coefficient (Wildman–Crippen LogP) is 7.74. The van der Waals surface area contributed by atoms with Crippen LogP contribution in [0.25, 0.3) is 10.9 Å². The SMILES string of the molecule is CCOc1cc(N2CCC(N3CCN(CCc4cccc5c4C(C)(C)C(=O)N5C4CCC(=O)NC4=O)CC3)CC2)c(CC)cc1Nc1ncc(Br)c(Nc2cnc3ccccc3c2P(C)(C)=O)n1. The number of halogens is 1. The van der Waals surface area contributed by atoms with E-state index < -0.39 is 24.5 Å². The molecule has 3 N–H and O–H groups in total. The lowest BCUT2D eigenvalue weighted by Crippen LogP contribution is -2.55. The van der Waals surface area contributed by atoms with Gasteiger partial charge in [-0.15, -0.1) is 0 Å². The van der Waals surface area contributed by atoms with Gasteiger partial charge in [0.2, 0.25) is 23.7 Å². The molecule has 0 spiro atoms. The number of hydrogen-bond acceptors (Lipinski definition) is 13. The molecule has 5 aromatic rings. The average molecular weight is 1010 g/mol. The van der Waals surface area contributed by atoms with Crippen LogP contribution in [0, 0.1) is 0 Å². The summed E-state index contributed by atoms with van der Waals surface area (Å²) in [5.41, 5.74) is 6.81. The van der Waals surface area contributed by atoms with Crippen LogP contribution in [0.4, 0.5) is 34.5 Å². The minimum Gasteiger partial charge on any atom is -0.492 e. The van der Waals surface area contributed by atoms with Crippen LogP contribution in [-0.2, 0) is 37.2 Å². The quantitative estimate of drug-likeness (QED) is 0.0732. The van der Waals surface area contributed by atoms with E-state index in [2.05, 4.69) is 81.7 Å². The number of hydrogen-bond donors (Lipinski definition) is 3. The van der Waals surface area contributed by atoms with Crippen molar-refractivity contribution < 1.29 is 23.7 Å². The number of piperidine rings is 2. The minimum absolute atomic E-state index is 0.0856. The Kier molecular flexibility index (Phi) is 13.7. The molecule has 2 aromatic heterocycles. The van der Waals surface area contributed by atoms with Gasteiger partial charge in [0.25, 0.3) is 0 Å². The molecule has 68 heavy (non-hydrogen) atoms. The summed E-state index contributed by atoms with van der Waals surface area (Å²) in [7, 11) is -2.72. The van der Waals surface area contributed by atoms with Gasteiger partial charge in [-0.25, -0.2) is 4.98 Å². The van der Waals surface area contributed by atoms with E-state index in [-0.39, 0.29) is 18.2 Å². The molecular formula is C51H62BrN10O5P. The number of anilines is 6. The van der Waals surface area contributed by atoms with E-state index in [9.17, 15) is 18.9 Å². The van der Waals surface area contributed by atoms with Gasteiger partial charge in [-0.2, -0.15) is 4.98 Å². The highest BCUT2D eigenvalue weighted by molar-refractivity contribution is 9.10. The third-order valence-corrected chi connectivity index (χ3v) is 16.2. The predicted molar refractivity (Wildman–Crippen MR) is 274 cm³/mol. The molecule has 3 aromatic carbocycles. The molecule has 3 saturated heterocycles. The van der Waals surface area contributed by atoms with Gasteiger partial charge in [0.05, 0.1) is 39.6 Å². The number of para-hydroxylation sites is 1.